The summed E-state index contributed by atoms with van der Waals surface area (Å²) < 4.78 is 11.4. The van der Waals surface area contributed by atoms with Crippen LogP contribution < -0.4 is 0 Å². The maximum absolute atomic E-state index is 12.6. The minimum atomic E-state index is -1.26. The molecule has 3 aliphatic carbocycles. The Morgan fingerprint density at radius 3 is 2.81 bits per heavy atom. The van der Waals surface area contributed by atoms with Gasteiger partial charge in [-0.05, 0) is 42.7 Å². The fraction of sp³-hybridized carbons (Fsp3) is 0.571. The Bertz CT molecular complexity index is 874. The molecule has 0 unspecified atom stereocenters. The van der Waals surface area contributed by atoms with E-state index in [1.165, 1.54) is 7.11 Å². The number of ether oxygens (including phenoxy) is 2. The van der Waals surface area contributed by atoms with Crippen molar-refractivity contribution in [1.29, 1.82) is 0 Å². The highest BCUT2D eigenvalue weighted by Gasteiger charge is 2.77. The average molecular weight is 348 g/mol. The Morgan fingerprint density at radius 1 is 1.35 bits per heavy atom. The molecule has 3 fully saturated rings. The summed E-state index contributed by atoms with van der Waals surface area (Å²) in [6, 6.07) is 0. The Hall–Kier alpha value is -2.37. The fourth-order valence-corrected chi connectivity index (χ4v) is 6.33. The third-order valence-electron chi connectivity index (χ3n) is 7.33. The van der Waals surface area contributed by atoms with Crippen LogP contribution in [0.2, 0.25) is 0 Å². The number of methoxy groups -OCH3 is 1. The third kappa shape index (κ3) is 1.53. The highest BCUT2D eigenvalue weighted by Crippen LogP contribution is 2.68. The summed E-state index contributed by atoms with van der Waals surface area (Å²) in [4.78, 5) is 20.2. The standard InChI is InChI=1S/C21H20N2O3/c1-12-17-16-14-6-5-13(9-14)10-15(16)21(22-2,23-3)11-19(17)7-8-20(12,26-19)18(24)25-4/h7-8,10,13-14,16-17H,1,5-6,9,11H2,4H3/t13-,14+,16-,17+,19-,20-/m0/s1. The van der Waals surface area contributed by atoms with Crippen molar-refractivity contribution in [3.63, 3.8) is 0 Å². The monoisotopic (exact) mass is 348 g/mol. The van der Waals surface area contributed by atoms with Gasteiger partial charge in [0.15, 0.2) is 0 Å². The van der Waals surface area contributed by atoms with Crippen LogP contribution in [0.25, 0.3) is 9.69 Å². The van der Waals surface area contributed by atoms with Gasteiger partial charge in [-0.3, -0.25) is 0 Å². The van der Waals surface area contributed by atoms with Crippen molar-refractivity contribution in [2.45, 2.75) is 42.5 Å². The third-order valence-corrected chi connectivity index (χ3v) is 7.33. The number of fused-ring (bicyclic) bond motifs is 6. The summed E-state index contributed by atoms with van der Waals surface area (Å²) in [5.41, 5.74) is -1.61. The second-order valence-electron chi connectivity index (χ2n) is 8.32. The van der Waals surface area contributed by atoms with E-state index in [0.29, 0.717) is 11.8 Å². The topological polar surface area (TPSA) is 44.2 Å². The lowest BCUT2D eigenvalue weighted by molar-refractivity contribution is -0.162. The van der Waals surface area contributed by atoms with E-state index in [9.17, 15) is 4.79 Å². The minimum absolute atomic E-state index is 0.0506. The quantitative estimate of drug-likeness (QED) is 0.415. The molecule has 0 radical (unpaired) electrons. The van der Waals surface area contributed by atoms with Gasteiger partial charge in [0.05, 0.1) is 7.11 Å². The highest BCUT2D eigenvalue weighted by atomic mass is 16.6. The van der Waals surface area contributed by atoms with E-state index in [-0.39, 0.29) is 18.3 Å². The SMILES string of the molecule is [C-]#[N+]C1([N+]#[C-])C[C@]23C=C[C@](C(=O)OC)(O2)C(=C)[C@@H]3[C@@H]2C1=C[C@H]1CC[C@@H]2C1. The molecular weight excluding hydrogens is 328 g/mol. The fourth-order valence-electron chi connectivity index (χ4n) is 6.33. The number of carbonyl (C=O) groups is 1. The number of esters is 1. The molecule has 132 valence electrons. The minimum Gasteiger partial charge on any atom is -0.466 e. The maximum atomic E-state index is 12.6. The number of rotatable bonds is 1. The second kappa shape index (κ2) is 4.67. The van der Waals surface area contributed by atoms with Crippen molar-refractivity contribution < 1.29 is 14.3 Å². The van der Waals surface area contributed by atoms with Gasteiger partial charge in [0.2, 0.25) is 5.60 Å². The van der Waals surface area contributed by atoms with Crippen molar-refractivity contribution in [2.75, 3.05) is 7.11 Å². The molecule has 5 heteroatoms. The molecule has 26 heavy (non-hydrogen) atoms. The van der Waals surface area contributed by atoms with E-state index in [2.05, 4.69) is 22.3 Å². The zero-order valence-electron chi connectivity index (χ0n) is 14.7. The van der Waals surface area contributed by atoms with Gasteiger partial charge in [0, 0.05) is 11.8 Å². The van der Waals surface area contributed by atoms with Gasteiger partial charge in [0.25, 0.3) is 0 Å². The number of nitrogens with zero attached hydrogens (tertiary/aromatic N) is 2. The maximum Gasteiger partial charge on any atom is 0.509 e. The molecule has 0 amide bonds. The molecule has 2 heterocycles. The van der Waals surface area contributed by atoms with Crippen LogP contribution in [0.15, 0.2) is 36.0 Å². The molecule has 6 atom stereocenters. The molecule has 1 saturated heterocycles. The van der Waals surface area contributed by atoms with Crippen LogP contribution in [0.5, 0.6) is 0 Å². The van der Waals surface area contributed by atoms with Gasteiger partial charge < -0.3 is 9.47 Å². The van der Waals surface area contributed by atoms with Crippen LogP contribution in [-0.2, 0) is 14.3 Å². The predicted molar refractivity (Wildman–Crippen MR) is 93.3 cm³/mol. The second-order valence-corrected chi connectivity index (χ2v) is 8.32. The molecule has 0 aromatic heterocycles. The van der Waals surface area contributed by atoms with E-state index in [4.69, 9.17) is 22.6 Å². The van der Waals surface area contributed by atoms with Gasteiger partial charge in [0.1, 0.15) is 17.6 Å². The van der Waals surface area contributed by atoms with Crippen molar-refractivity contribution in [2.24, 2.45) is 23.7 Å². The average Bonchev–Trinajstić information content (AvgIpc) is 3.30. The summed E-state index contributed by atoms with van der Waals surface area (Å²) >= 11 is 0. The van der Waals surface area contributed by atoms with Crippen LogP contribution in [0.3, 0.4) is 0 Å². The van der Waals surface area contributed by atoms with E-state index < -0.39 is 22.8 Å². The van der Waals surface area contributed by atoms with Crippen molar-refractivity contribution in [3.8, 4) is 0 Å². The molecule has 5 aliphatic rings. The molecule has 0 aromatic rings. The molecule has 5 rings (SSSR count). The normalized spacial score (nSPS) is 46.0. The van der Waals surface area contributed by atoms with Crippen molar-refractivity contribution >= 4 is 5.97 Å². The van der Waals surface area contributed by atoms with Crippen LogP contribution in [0.1, 0.15) is 25.7 Å². The number of hydrogen-bond acceptors (Lipinski definition) is 3. The van der Waals surface area contributed by atoms with Crippen LogP contribution in [0.4, 0.5) is 0 Å². The van der Waals surface area contributed by atoms with Crippen LogP contribution in [0, 0.1) is 36.8 Å². The first-order chi connectivity index (χ1) is 12.5. The van der Waals surface area contributed by atoms with Gasteiger partial charge in [-0.15, -0.1) is 0 Å². The Labute approximate surface area is 153 Å². The Kier molecular flexibility index (Phi) is 2.85. The van der Waals surface area contributed by atoms with Gasteiger partial charge in [-0.2, -0.15) is 0 Å². The smallest absolute Gasteiger partial charge is 0.466 e. The first kappa shape index (κ1) is 15.9. The molecule has 0 aromatic carbocycles. The molecule has 2 saturated carbocycles. The lowest BCUT2D eigenvalue weighted by Gasteiger charge is -2.46. The predicted octanol–water partition coefficient (Wildman–Crippen LogP) is 3.32. The summed E-state index contributed by atoms with van der Waals surface area (Å²) in [6.45, 7) is 20.0. The number of allylic oxidation sites excluding steroid dienone is 1. The molecule has 5 nitrogen and oxygen atoms in total. The molecule has 4 bridgehead atoms. The summed E-state index contributed by atoms with van der Waals surface area (Å²) in [5.74, 6) is 0.411. The van der Waals surface area contributed by atoms with Gasteiger partial charge in [-0.25, -0.2) is 27.6 Å². The molecule has 0 N–H and O–H groups in total. The first-order valence-corrected chi connectivity index (χ1v) is 9.13. The van der Waals surface area contributed by atoms with E-state index >= 15 is 0 Å². The van der Waals surface area contributed by atoms with Crippen molar-refractivity contribution in [1.82, 2.24) is 0 Å². The Morgan fingerprint density at radius 2 is 2.12 bits per heavy atom. The zero-order chi connectivity index (χ0) is 18.3. The lowest BCUT2D eigenvalue weighted by Crippen LogP contribution is -2.54. The van der Waals surface area contributed by atoms with Crippen molar-refractivity contribution in [3.05, 3.63) is 58.8 Å². The van der Waals surface area contributed by atoms with Gasteiger partial charge in [-0.1, -0.05) is 18.7 Å². The summed E-state index contributed by atoms with van der Waals surface area (Å²) in [6.07, 6.45) is 9.39. The van der Waals surface area contributed by atoms with E-state index in [1.807, 2.05) is 6.08 Å². The lowest BCUT2D eigenvalue weighted by atomic mass is 9.54. The molecule has 1 spiro atoms. The van der Waals surface area contributed by atoms with Crippen LogP contribution >= 0.6 is 0 Å². The van der Waals surface area contributed by atoms with E-state index in [1.54, 1.807) is 6.08 Å². The zero-order valence-corrected chi connectivity index (χ0v) is 14.7. The largest absolute Gasteiger partial charge is 0.509 e. The highest BCUT2D eigenvalue weighted by molar-refractivity contribution is 5.89. The van der Waals surface area contributed by atoms with Gasteiger partial charge >= 0.3 is 11.6 Å². The number of carbonyl (C=O) groups excluding carboxylic acids is 1. The molecule has 2 aliphatic heterocycles. The first-order valence-electron chi connectivity index (χ1n) is 9.13. The Balaban J connectivity index is 1.72. The summed E-state index contributed by atoms with van der Waals surface area (Å²) in [5, 5.41) is 0. The molecular formula is C21H20N2O3. The van der Waals surface area contributed by atoms with Crippen LogP contribution in [-0.4, -0.2) is 29.9 Å². The summed E-state index contributed by atoms with van der Waals surface area (Å²) in [7, 11) is 1.35. The number of hydrogen-bond donors (Lipinski definition) is 0. The van der Waals surface area contributed by atoms with E-state index in [0.717, 1.165) is 30.4 Å².